The number of ether oxygens (including phenoxy) is 1. The summed E-state index contributed by atoms with van der Waals surface area (Å²) >= 11 is 1.87. The van der Waals surface area contributed by atoms with Crippen LogP contribution >= 0.6 is 11.3 Å². The standard InChI is InChI=1S/C21H27N3O2S/c1-2-3-11-26-19-6-4-17(5-7-19)22-21(25)24-14-18(15-24)23-10-8-20-16(13-23)9-12-27-20/h4-7,9,12,18H,2-3,8,10-11,13-15H2,1H3,(H,22,25). The first-order valence-electron chi connectivity index (χ1n) is 9.81. The van der Waals surface area contributed by atoms with Crippen LogP contribution in [0.25, 0.3) is 0 Å². The molecule has 1 aromatic carbocycles. The number of nitrogens with zero attached hydrogens (tertiary/aromatic N) is 2. The molecule has 3 heterocycles. The number of benzene rings is 1. The van der Waals surface area contributed by atoms with Crippen molar-refractivity contribution >= 4 is 23.1 Å². The molecule has 0 radical (unpaired) electrons. The average Bonchev–Trinajstić information content (AvgIpc) is 3.10. The summed E-state index contributed by atoms with van der Waals surface area (Å²) < 4.78 is 5.66. The summed E-state index contributed by atoms with van der Waals surface area (Å²) in [4.78, 5) is 18.4. The zero-order valence-electron chi connectivity index (χ0n) is 15.8. The van der Waals surface area contributed by atoms with Crippen LogP contribution in [0.1, 0.15) is 30.2 Å². The van der Waals surface area contributed by atoms with Gasteiger partial charge in [-0.3, -0.25) is 4.90 Å². The SMILES string of the molecule is CCCCOc1ccc(NC(=O)N2CC(N3CCc4sccc4C3)C2)cc1. The minimum Gasteiger partial charge on any atom is -0.494 e. The van der Waals surface area contributed by atoms with Crippen molar-refractivity contribution < 1.29 is 9.53 Å². The monoisotopic (exact) mass is 385 g/mol. The Morgan fingerprint density at radius 1 is 1.26 bits per heavy atom. The van der Waals surface area contributed by atoms with Crippen LogP contribution < -0.4 is 10.1 Å². The van der Waals surface area contributed by atoms with Crippen LogP contribution in [0.2, 0.25) is 0 Å². The molecule has 0 saturated carbocycles. The van der Waals surface area contributed by atoms with E-state index in [4.69, 9.17) is 4.74 Å². The number of thiophene rings is 1. The van der Waals surface area contributed by atoms with Crippen molar-refractivity contribution in [3.8, 4) is 5.75 Å². The van der Waals surface area contributed by atoms with E-state index in [1.165, 1.54) is 10.4 Å². The number of carbonyl (C=O) groups is 1. The third-order valence-corrected chi connectivity index (χ3v) is 6.40. The van der Waals surface area contributed by atoms with Gasteiger partial charge in [0.1, 0.15) is 5.75 Å². The summed E-state index contributed by atoms with van der Waals surface area (Å²) in [5, 5.41) is 5.18. The molecule has 0 aliphatic carbocycles. The van der Waals surface area contributed by atoms with E-state index in [0.29, 0.717) is 6.04 Å². The molecule has 6 heteroatoms. The van der Waals surface area contributed by atoms with Gasteiger partial charge in [0.15, 0.2) is 0 Å². The molecule has 0 spiro atoms. The molecule has 1 N–H and O–H groups in total. The molecule has 2 amide bonds. The minimum atomic E-state index is -0.0147. The summed E-state index contributed by atoms with van der Waals surface area (Å²) in [6.07, 6.45) is 3.32. The second-order valence-corrected chi connectivity index (χ2v) is 8.31. The number of hydrogen-bond donors (Lipinski definition) is 1. The largest absolute Gasteiger partial charge is 0.494 e. The number of fused-ring (bicyclic) bond motifs is 1. The van der Waals surface area contributed by atoms with Crippen molar-refractivity contribution in [2.45, 2.75) is 38.8 Å². The Balaban J connectivity index is 1.22. The Bertz CT molecular complexity index is 768. The van der Waals surface area contributed by atoms with Gasteiger partial charge in [0.2, 0.25) is 0 Å². The zero-order chi connectivity index (χ0) is 18.6. The fraction of sp³-hybridized carbons (Fsp3) is 0.476. The maximum Gasteiger partial charge on any atom is 0.321 e. The van der Waals surface area contributed by atoms with Crippen LogP contribution in [0.5, 0.6) is 5.75 Å². The first kappa shape index (κ1) is 18.3. The van der Waals surface area contributed by atoms with Crippen molar-refractivity contribution in [2.75, 3.05) is 31.6 Å². The third-order valence-electron chi connectivity index (χ3n) is 5.38. The predicted octanol–water partition coefficient (Wildman–Crippen LogP) is 4.20. The summed E-state index contributed by atoms with van der Waals surface area (Å²) in [5.74, 6) is 0.850. The first-order chi connectivity index (χ1) is 13.2. The lowest BCUT2D eigenvalue weighted by Crippen LogP contribution is -2.62. The second kappa shape index (κ2) is 8.31. The van der Waals surface area contributed by atoms with Crippen molar-refractivity contribution in [1.82, 2.24) is 9.80 Å². The molecule has 2 aliphatic heterocycles. The number of hydrogen-bond acceptors (Lipinski definition) is 4. The van der Waals surface area contributed by atoms with Gasteiger partial charge in [0.25, 0.3) is 0 Å². The van der Waals surface area contributed by atoms with Crippen molar-refractivity contribution in [1.29, 1.82) is 0 Å². The van der Waals surface area contributed by atoms with Gasteiger partial charge in [0, 0.05) is 42.8 Å². The fourth-order valence-corrected chi connectivity index (χ4v) is 4.50. The quantitative estimate of drug-likeness (QED) is 0.758. The van der Waals surface area contributed by atoms with Crippen molar-refractivity contribution in [3.05, 3.63) is 46.2 Å². The molecule has 0 bridgehead atoms. The van der Waals surface area contributed by atoms with Crippen LogP contribution in [-0.2, 0) is 13.0 Å². The highest BCUT2D eigenvalue weighted by Gasteiger charge is 2.36. The molecule has 2 aliphatic rings. The number of anilines is 1. The van der Waals surface area contributed by atoms with E-state index >= 15 is 0 Å². The molecule has 2 aromatic rings. The second-order valence-electron chi connectivity index (χ2n) is 7.30. The van der Waals surface area contributed by atoms with Crippen molar-refractivity contribution in [3.63, 3.8) is 0 Å². The summed E-state index contributed by atoms with van der Waals surface area (Å²) in [5.41, 5.74) is 2.28. The van der Waals surface area contributed by atoms with E-state index in [9.17, 15) is 4.79 Å². The molecular weight excluding hydrogens is 358 g/mol. The number of rotatable bonds is 6. The lowest BCUT2D eigenvalue weighted by atomic mass is 10.0. The molecule has 0 unspecified atom stereocenters. The van der Waals surface area contributed by atoms with E-state index in [0.717, 1.165) is 63.5 Å². The highest BCUT2D eigenvalue weighted by molar-refractivity contribution is 7.10. The highest BCUT2D eigenvalue weighted by atomic mass is 32.1. The normalized spacial score (nSPS) is 17.3. The molecule has 0 atom stereocenters. The number of urea groups is 1. The molecule has 1 fully saturated rings. The Kier molecular flexibility index (Phi) is 5.64. The Morgan fingerprint density at radius 2 is 2.07 bits per heavy atom. The zero-order valence-corrected chi connectivity index (χ0v) is 16.6. The maximum absolute atomic E-state index is 12.4. The molecular formula is C21H27N3O2S. The predicted molar refractivity (Wildman–Crippen MR) is 110 cm³/mol. The van der Waals surface area contributed by atoms with E-state index < -0.39 is 0 Å². The molecule has 1 aromatic heterocycles. The molecule has 1 saturated heterocycles. The van der Waals surface area contributed by atoms with Crippen LogP contribution in [-0.4, -0.2) is 48.1 Å². The first-order valence-corrected chi connectivity index (χ1v) is 10.7. The smallest absolute Gasteiger partial charge is 0.321 e. The highest BCUT2D eigenvalue weighted by Crippen LogP contribution is 2.28. The van der Waals surface area contributed by atoms with Crippen LogP contribution in [0.4, 0.5) is 10.5 Å². The summed E-state index contributed by atoms with van der Waals surface area (Å²) in [6.45, 7) is 6.63. The third kappa shape index (κ3) is 4.28. The van der Waals surface area contributed by atoms with E-state index in [-0.39, 0.29) is 6.03 Å². The number of likely N-dealkylation sites (tertiary alicyclic amines) is 1. The Labute approximate surface area is 164 Å². The van der Waals surface area contributed by atoms with E-state index in [1.54, 1.807) is 0 Å². The average molecular weight is 386 g/mol. The lowest BCUT2D eigenvalue weighted by molar-refractivity contribution is 0.0533. The number of amides is 2. The lowest BCUT2D eigenvalue weighted by Gasteiger charge is -2.46. The number of unbranched alkanes of at least 4 members (excludes halogenated alkanes) is 1. The van der Waals surface area contributed by atoms with Gasteiger partial charge in [-0.25, -0.2) is 4.79 Å². The van der Waals surface area contributed by atoms with E-state index in [2.05, 4.69) is 28.6 Å². The summed E-state index contributed by atoms with van der Waals surface area (Å²) in [7, 11) is 0. The molecule has 5 nitrogen and oxygen atoms in total. The fourth-order valence-electron chi connectivity index (χ4n) is 3.61. The topological polar surface area (TPSA) is 44.8 Å². The molecule has 4 rings (SSSR count). The van der Waals surface area contributed by atoms with Crippen LogP contribution in [0.3, 0.4) is 0 Å². The van der Waals surface area contributed by atoms with Gasteiger partial charge in [-0.2, -0.15) is 0 Å². The van der Waals surface area contributed by atoms with Crippen molar-refractivity contribution in [2.24, 2.45) is 0 Å². The number of carbonyl (C=O) groups excluding carboxylic acids is 1. The van der Waals surface area contributed by atoms with Gasteiger partial charge in [-0.15, -0.1) is 11.3 Å². The van der Waals surface area contributed by atoms with Gasteiger partial charge in [0.05, 0.1) is 6.61 Å². The number of nitrogens with one attached hydrogen (secondary N) is 1. The minimum absolute atomic E-state index is 0.0147. The summed E-state index contributed by atoms with van der Waals surface area (Å²) in [6, 6.07) is 10.3. The Hall–Kier alpha value is -2.05. The van der Waals surface area contributed by atoms with Crippen LogP contribution in [0.15, 0.2) is 35.7 Å². The van der Waals surface area contributed by atoms with Gasteiger partial charge in [-0.1, -0.05) is 13.3 Å². The van der Waals surface area contributed by atoms with Gasteiger partial charge >= 0.3 is 6.03 Å². The van der Waals surface area contributed by atoms with E-state index in [1.807, 2.05) is 40.5 Å². The molecule has 27 heavy (non-hydrogen) atoms. The van der Waals surface area contributed by atoms with Gasteiger partial charge in [-0.05, 0) is 54.1 Å². The molecule has 144 valence electrons. The van der Waals surface area contributed by atoms with Crippen LogP contribution in [0, 0.1) is 0 Å². The van der Waals surface area contributed by atoms with Gasteiger partial charge < -0.3 is 15.0 Å². The Morgan fingerprint density at radius 3 is 2.85 bits per heavy atom. The maximum atomic E-state index is 12.4.